The summed E-state index contributed by atoms with van der Waals surface area (Å²) in [5.74, 6) is 5.92. The largest absolute Gasteiger partial charge is 0.393 e. The van der Waals surface area contributed by atoms with Gasteiger partial charge < -0.3 is 20.6 Å². The highest BCUT2D eigenvalue weighted by molar-refractivity contribution is 6.01. The van der Waals surface area contributed by atoms with Crippen molar-refractivity contribution in [1.82, 2.24) is 19.9 Å². The molecule has 9 heteroatoms. The summed E-state index contributed by atoms with van der Waals surface area (Å²) in [7, 11) is 1.67. The van der Waals surface area contributed by atoms with Crippen LogP contribution >= 0.6 is 0 Å². The van der Waals surface area contributed by atoms with Gasteiger partial charge in [0, 0.05) is 19.8 Å². The van der Waals surface area contributed by atoms with Gasteiger partial charge >= 0.3 is 0 Å². The van der Waals surface area contributed by atoms with Crippen molar-refractivity contribution in [2.45, 2.75) is 32.5 Å². The summed E-state index contributed by atoms with van der Waals surface area (Å²) in [4.78, 5) is 31.0. The van der Waals surface area contributed by atoms with Gasteiger partial charge in [-0.3, -0.25) is 14.5 Å². The predicted molar refractivity (Wildman–Crippen MR) is 105 cm³/mol. The summed E-state index contributed by atoms with van der Waals surface area (Å²) < 4.78 is 1.90. The van der Waals surface area contributed by atoms with Gasteiger partial charge in [-0.25, -0.2) is 10.8 Å². The average Bonchev–Trinajstić information content (AvgIpc) is 2.99. The molecule has 1 aromatic carbocycles. The fraction of sp³-hybridized carbons (Fsp3) is 0.316. The third kappa shape index (κ3) is 4.15. The number of fused-ring (bicyclic) bond motifs is 1. The van der Waals surface area contributed by atoms with Crippen LogP contribution in [0.4, 0.5) is 5.82 Å². The number of aromatic nitrogens is 2. The van der Waals surface area contributed by atoms with E-state index in [0.29, 0.717) is 19.5 Å². The van der Waals surface area contributed by atoms with Crippen molar-refractivity contribution in [2.75, 3.05) is 11.9 Å². The van der Waals surface area contributed by atoms with Crippen molar-refractivity contribution in [1.29, 1.82) is 0 Å². The molecule has 1 unspecified atom stereocenters. The topological polar surface area (TPSA) is 123 Å². The highest BCUT2D eigenvalue weighted by atomic mass is 16.2. The molecule has 2 heterocycles. The number of benzene rings is 1. The van der Waals surface area contributed by atoms with E-state index in [9.17, 15) is 9.59 Å². The van der Waals surface area contributed by atoms with Gasteiger partial charge in [0.15, 0.2) is 0 Å². The second-order valence-electron chi connectivity index (χ2n) is 6.80. The Labute approximate surface area is 163 Å². The van der Waals surface area contributed by atoms with Crippen molar-refractivity contribution < 1.29 is 9.59 Å². The zero-order chi connectivity index (χ0) is 20.3. The Hall–Kier alpha value is -3.33. The third-order valence-corrected chi connectivity index (χ3v) is 4.67. The van der Waals surface area contributed by atoms with Crippen LogP contribution in [0, 0.1) is 6.92 Å². The number of likely N-dealkylation sites (N-methyl/N-ethyl adjacent to an activating group) is 1. The molecule has 0 bridgehead atoms. The number of hydrogen-bond donors (Lipinski definition) is 3. The van der Waals surface area contributed by atoms with Crippen LogP contribution in [-0.2, 0) is 22.7 Å². The van der Waals surface area contributed by atoms with Gasteiger partial charge in [-0.2, -0.15) is 0 Å². The molecule has 1 aliphatic rings. The van der Waals surface area contributed by atoms with E-state index in [1.807, 2.05) is 41.8 Å². The summed E-state index contributed by atoms with van der Waals surface area (Å²) in [6.45, 7) is 2.82. The third-order valence-electron chi connectivity index (χ3n) is 4.67. The van der Waals surface area contributed by atoms with E-state index in [0.717, 1.165) is 17.1 Å². The Morgan fingerprint density at radius 3 is 2.82 bits per heavy atom. The zero-order valence-electron chi connectivity index (χ0n) is 16.0. The highest BCUT2D eigenvalue weighted by Gasteiger charge is 2.31. The van der Waals surface area contributed by atoms with Crippen molar-refractivity contribution in [3.63, 3.8) is 0 Å². The lowest BCUT2D eigenvalue weighted by atomic mass is 10.2. The quantitative estimate of drug-likeness (QED) is 0.386. The normalized spacial score (nSPS) is 17.1. The number of amides is 2. The monoisotopic (exact) mass is 383 g/mol. The number of nitrogens with two attached hydrogens (primary N) is 2. The molecule has 1 aromatic heterocycles. The summed E-state index contributed by atoms with van der Waals surface area (Å²) >= 11 is 0. The second-order valence-corrected chi connectivity index (χ2v) is 6.80. The molecule has 0 fully saturated rings. The van der Waals surface area contributed by atoms with Gasteiger partial charge in [0.2, 0.25) is 0 Å². The molecule has 0 aliphatic carbocycles. The molecule has 2 aromatic rings. The van der Waals surface area contributed by atoms with Crippen molar-refractivity contribution in [3.8, 4) is 0 Å². The lowest BCUT2D eigenvalue weighted by Gasteiger charge is -2.21. The summed E-state index contributed by atoms with van der Waals surface area (Å²) in [5, 5.41) is 4.05. The Morgan fingerprint density at radius 2 is 2.11 bits per heavy atom. The van der Waals surface area contributed by atoms with Gasteiger partial charge in [-0.05, 0) is 18.9 Å². The highest BCUT2D eigenvalue weighted by Crippen LogP contribution is 2.23. The lowest BCUT2D eigenvalue weighted by molar-refractivity contribution is -0.125. The van der Waals surface area contributed by atoms with Crippen LogP contribution in [0.15, 0.2) is 48.6 Å². The molecule has 28 heavy (non-hydrogen) atoms. The standard InChI is InChI=1S/C19H25N7O2/c1-13-18-24(2)19(28)16(8-9-25(18)12-22-13)23-17(27)15(20)11-26(21)10-14-6-4-3-5-7-14/h3-7,11-12,16H,8-10,20-21H2,1-2H3,(H,23,27)/b15-11-. The maximum Gasteiger partial charge on any atom is 0.269 e. The fourth-order valence-corrected chi connectivity index (χ4v) is 3.26. The van der Waals surface area contributed by atoms with Gasteiger partial charge in [0.1, 0.15) is 17.6 Å². The minimum Gasteiger partial charge on any atom is -0.393 e. The molecular formula is C19H25N7O2. The summed E-state index contributed by atoms with van der Waals surface area (Å²) in [6.07, 6.45) is 3.51. The van der Waals surface area contributed by atoms with E-state index in [1.165, 1.54) is 16.1 Å². The maximum absolute atomic E-state index is 12.8. The van der Waals surface area contributed by atoms with Crippen LogP contribution < -0.4 is 21.8 Å². The zero-order valence-corrected chi connectivity index (χ0v) is 16.0. The lowest BCUT2D eigenvalue weighted by Crippen LogP contribution is -2.48. The number of aryl methyl sites for hydroxylation is 2. The number of carbonyl (C=O) groups is 2. The van der Waals surface area contributed by atoms with Crippen LogP contribution in [0.3, 0.4) is 0 Å². The van der Waals surface area contributed by atoms with Crippen molar-refractivity contribution in [2.24, 2.45) is 11.6 Å². The molecule has 0 saturated carbocycles. The molecule has 9 nitrogen and oxygen atoms in total. The molecule has 5 N–H and O–H groups in total. The van der Waals surface area contributed by atoms with Gasteiger partial charge in [-0.1, -0.05) is 30.3 Å². The van der Waals surface area contributed by atoms with Gasteiger partial charge in [-0.15, -0.1) is 0 Å². The van der Waals surface area contributed by atoms with Gasteiger partial charge in [0.25, 0.3) is 11.8 Å². The number of carbonyl (C=O) groups excluding carboxylic acids is 2. The van der Waals surface area contributed by atoms with Crippen molar-refractivity contribution in [3.05, 3.63) is 59.8 Å². The van der Waals surface area contributed by atoms with E-state index in [4.69, 9.17) is 11.6 Å². The van der Waals surface area contributed by atoms with Crippen LogP contribution in [0.1, 0.15) is 17.7 Å². The van der Waals surface area contributed by atoms with Crippen LogP contribution in [0.25, 0.3) is 0 Å². The SMILES string of the molecule is Cc1ncn2c1N(C)C(=O)C(NC(=O)/C(N)=C/N(N)Cc1ccccc1)CC2. The molecule has 148 valence electrons. The van der Waals surface area contributed by atoms with Gasteiger partial charge in [0.05, 0.1) is 18.6 Å². The molecule has 1 aliphatic heterocycles. The minimum absolute atomic E-state index is 0.0596. The first kappa shape index (κ1) is 19.4. The molecule has 3 rings (SSSR count). The second kappa shape index (κ2) is 8.13. The maximum atomic E-state index is 12.8. The Morgan fingerprint density at radius 1 is 1.39 bits per heavy atom. The van der Waals surface area contributed by atoms with E-state index in [1.54, 1.807) is 13.4 Å². The Balaban J connectivity index is 1.64. The van der Waals surface area contributed by atoms with Crippen LogP contribution in [-0.4, -0.2) is 39.5 Å². The first-order valence-corrected chi connectivity index (χ1v) is 8.99. The number of imidazole rings is 1. The molecular weight excluding hydrogens is 358 g/mol. The molecule has 1 atom stereocenters. The summed E-state index contributed by atoms with van der Waals surface area (Å²) in [6, 6.07) is 8.90. The number of rotatable bonds is 5. The first-order valence-electron chi connectivity index (χ1n) is 8.99. The Bertz CT molecular complexity index is 891. The molecule has 2 amide bonds. The van der Waals surface area contributed by atoms with Crippen LogP contribution in [0.2, 0.25) is 0 Å². The molecule has 0 spiro atoms. The number of nitrogens with one attached hydrogen (secondary N) is 1. The molecule has 0 saturated heterocycles. The number of hydrogen-bond acceptors (Lipinski definition) is 6. The summed E-state index contributed by atoms with van der Waals surface area (Å²) in [5.41, 5.74) is 7.58. The minimum atomic E-state index is -0.677. The van der Waals surface area contributed by atoms with E-state index < -0.39 is 11.9 Å². The number of anilines is 1. The smallest absolute Gasteiger partial charge is 0.269 e. The number of hydrazine groups is 1. The Kier molecular flexibility index (Phi) is 5.65. The van der Waals surface area contributed by atoms with E-state index in [-0.39, 0.29) is 11.6 Å². The van der Waals surface area contributed by atoms with Crippen molar-refractivity contribution >= 4 is 17.6 Å². The molecule has 0 radical (unpaired) electrons. The van der Waals surface area contributed by atoms with Crippen LogP contribution in [0.5, 0.6) is 0 Å². The predicted octanol–water partition coefficient (Wildman–Crippen LogP) is 0.219. The fourth-order valence-electron chi connectivity index (χ4n) is 3.26. The number of nitrogens with zero attached hydrogens (tertiary/aromatic N) is 4. The first-order chi connectivity index (χ1) is 13.4. The van der Waals surface area contributed by atoms with E-state index >= 15 is 0 Å². The van der Waals surface area contributed by atoms with E-state index in [2.05, 4.69) is 10.3 Å². The average molecular weight is 383 g/mol.